The van der Waals surface area contributed by atoms with E-state index in [1.807, 2.05) is 0 Å². The quantitative estimate of drug-likeness (QED) is 0.397. The van der Waals surface area contributed by atoms with Crippen LogP contribution in [0.3, 0.4) is 0 Å². The van der Waals surface area contributed by atoms with Crippen LogP contribution in [0.15, 0.2) is 30.5 Å². The zero-order valence-corrected chi connectivity index (χ0v) is 9.96. The van der Waals surface area contributed by atoms with Crippen LogP contribution in [-0.2, 0) is 0 Å². The lowest BCUT2D eigenvalue weighted by molar-refractivity contribution is -0.385. The summed E-state index contributed by atoms with van der Waals surface area (Å²) in [5.74, 6) is 5.26. The largest absolute Gasteiger partial charge is 0.332 e. The van der Waals surface area contributed by atoms with Gasteiger partial charge in [0.15, 0.2) is 0 Å². The molecule has 0 saturated heterocycles. The number of benzene rings is 1. The summed E-state index contributed by atoms with van der Waals surface area (Å²) < 4.78 is 1.27. The third-order valence-electron chi connectivity index (χ3n) is 2.63. The molecule has 0 bridgehead atoms. The highest BCUT2D eigenvalue weighted by molar-refractivity contribution is 5.76. The predicted octanol–water partition coefficient (Wildman–Crippen LogP) is 0.404. The van der Waals surface area contributed by atoms with Crippen LogP contribution in [0, 0.1) is 10.1 Å². The molecule has 0 unspecified atom stereocenters. The highest BCUT2D eigenvalue weighted by atomic mass is 16.6. The van der Waals surface area contributed by atoms with Crippen molar-refractivity contribution >= 4 is 22.7 Å². The van der Waals surface area contributed by atoms with Gasteiger partial charge in [-0.05, 0) is 12.1 Å². The Hall–Kier alpha value is -3.14. The zero-order valence-electron chi connectivity index (χ0n) is 9.96. The lowest BCUT2D eigenvalue weighted by atomic mass is 10.3. The number of para-hydroxylation sites is 1. The Labute approximate surface area is 111 Å². The highest BCUT2D eigenvalue weighted by Crippen LogP contribution is 2.23. The fraction of sp³-hybridized carbons (Fsp3) is 0. The van der Waals surface area contributed by atoms with E-state index in [9.17, 15) is 10.1 Å². The van der Waals surface area contributed by atoms with Gasteiger partial charge in [0.25, 0.3) is 0 Å². The van der Waals surface area contributed by atoms with Gasteiger partial charge in [0.2, 0.25) is 11.8 Å². The number of fused-ring (bicyclic) bond motifs is 1. The molecule has 2 aromatic heterocycles. The number of aromatic nitrogens is 5. The van der Waals surface area contributed by atoms with Crippen molar-refractivity contribution in [1.82, 2.24) is 25.0 Å². The zero-order chi connectivity index (χ0) is 14.1. The van der Waals surface area contributed by atoms with Gasteiger partial charge in [-0.15, -0.1) is 5.10 Å². The molecular weight excluding hydrogens is 264 g/mol. The first-order valence-electron chi connectivity index (χ1n) is 5.49. The van der Waals surface area contributed by atoms with E-state index in [0.717, 1.165) is 6.20 Å². The number of hydrazine groups is 1. The number of nitro groups is 1. The van der Waals surface area contributed by atoms with Gasteiger partial charge in [-0.25, -0.2) is 10.8 Å². The van der Waals surface area contributed by atoms with Crippen LogP contribution in [0.2, 0.25) is 0 Å². The Morgan fingerprint density at radius 2 is 2.15 bits per heavy atom. The molecule has 3 rings (SSSR count). The smallest absolute Gasteiger partial charge is 0.292 e. The van der Waals surface area contributed by atoms with Crippen LogP contribution in [0.1, 0.15) is 0 Å². The summed E-state index contributed by atoms with van der Waals surface area (Å²) in [6, 6.07) is 7.05. The maximum atomic E-state index is 11.1. The standard InChI is InChI=1S/C10H8N8O2/c11-14-10-12-5-8(18(19)20)9(13-10)17-7-4-2-1-3-6(7)15-16-17/h1-5H,11H2,(H,12,13,14). The summed E-state index contributed by atoms with van der Waals surface area (Å²) in [5.41, 5.74) is 3.14. The van der Waals surface area contributed by atoms with Crippen LogP contribution < -0.4 is 11.3 Å². The second kappa shape index (κ2) is 4.51. The molecule has 3 aromatic rings. The van der Waals surface area contributed by atoms with E-state index in [-0.39, 0.29) is 17.5 Å². The maximum Gasteiger partial charge on any atom is 0.332 e. The van der Waals surface area contributed by atoms with Crippen LogP contribution in [0.4, 0.5) is 11.6 Å². The average molecular weight is 272 g/mol. The van der Waals surface area contributed by atoms with Crippen molar-refractivity contribution in [2.24, 2.45) is 5.84 Å². The van der Waals surface area contributed by atoms with Gasteiger partial charge < -0.3 is 0 Å². The normalized spacial score (nSPS) is 10.7. The molecule has 0 amide bonds. The molecule has 0 aliphatic rings. The van der Waals surface area contributed by atoms with Gasteiger partial charge in [0.05, 0.1) is 10.4 Å². The lowest BCUT2D eigenvalue weighted by Crippen LogP contribution is -2.13. The summed E-state index contributed by atoms with van der Waals surface area (Å²) in [6.45, 7) is 0. The summed E-state index contributed by atoms with van der Waals surface area (Å²) in [5, 5.41) is 18.9. The molecule has 0 fully saturated rings. The topological polar surface area (TPSA) is 138 Å². The number of nitrogens with two attached hydrogens (primary N) is 1. The fourth-order valence-electron chi connectivity index (χ4n) is 1.75. The van der Waals surface area contributed by atoms with Crippen molar-refractivity contribution in [2.75, 3.05) is 5.43 Å². The number of hydrogen-bond donors (Lipinski definition) is 2. The van der Waals surface area contributed by atoms with E-state index in [1.54, 1.807) is 24.3 Å². The molecule has 0 aliphatic carbocycles. The maximum absolute atomic E-state index is 11.1. The molecular formula is C10H8N8O2. The molecule has 0 aliphatic heterocycles. The minimum Gasteiger partial charge on any atom is -0.292 e. The molecule has 2 heterocycles. The molecule has 0 atom stereocenters. The summed E-state index contributed by atoms with van der Waals surface area (Å²) in [7, 11) is 0. The first-order chi connectivity index (χ1) is 9.70. The number of nitrogens with zero attached hydrogens (tertiary/aromatic N) is 6. The van der Waals surface area contributed by atoms with E-state index >= 15 is 0 Å². The SMILES string of the molecule is NNc1ncc([N+](=O)[O-])c(-n2nnc3ccccc32)n1. The third kappa shape index (κ3) is 1.80. The van der Waals surface area contributed by atoms with Crippen molar-refractivity contribution in [2.45, 2.75) is 0 Å². The Kier molecular flexibility index (Phi) is 2.69. The third-order valence-corrected chi connectivity index (χ3v) is 2.63. The Morgan fingerprint density at radius 3 is 2.90 bits per heavy atom. The van der Waals surface area contributed by atoms with E-state index in [1.165, 1.54) is 4.68 Å². The molecule has 100 valence electrons. The average Bonchev–Trinajstić information content (AvgIpc) is 2.90. The van der Waals surface area contributed by atoms with E-state index < -0.39 is 4.92 Å². The van der Waals surface area contributed by atoms with Gasteiger partial charge in [-0.3, -0.25) is 15.5 Å². The van der Waals surface area contributed by atoms with Gasteiger partial charge in [0.1, 0.15) is 11.7 Å². The monoisotopic (exact) mass is 272 g/mol. The number of nitrogens with one attached hydrogen (secondary N) is 1. The van der Waals surface area contributed by atoms with Gasteiger partial charge in [-0.2, -0.15) is 9.67 Å². The van der Waals surface area contributed by atoms with Crippen molar-refractivity contribution in [3.63, 3.8) is 0 Å². The van der Waals surface area contributed by atoms with Crippen LogP contribution >= 0.6 is 0 Å². The number of hydrogen-bond acceptors (Lipinski definition) is 8. The second-order valence-corrected chi connectivity index (χ2v) is 3.79. The highest BCUT2D eigenvalue weighted by Gasteiger charge is 2.21. The first kappa shape index (κ1) is 11.9. The summed E-state index contributed by atoms with van der Waals surface area (Å²) in [6.07, 6.45) is 1.06. The fourth-order valence-corrected chi connectivity index (χ4v) is 1.75. The Morgan fingerprint density at radius 1 is 1.35 bits per heavy atom. The van der Waals surface area contributed by atoms with Crippen LogP contribution in [-0.4, -0.2) is 29.9 Å². The first-order valence-corrected chi connectivity index (χ1v) is 5.49. The van der Waals surface area contributed by atoms with Gasteiger partial charge >= 0.3 is 5.69 Å². The van der Waals surface area contributed by atoms with Crippen molar-refractivity contribution < 1.29 is 4.92 Å². The Balaban J connectivity index is 2.29. The molecule has 0 saturated carbocycles. The second-order valence-electron chi connectivity index (χ2n) is 3.79. The minimum absolute atomic E-state index is 0.00773. The van der Waals surface area contributed by atoms with Crippen molar-refractivity contribution in [1.29, 1.82) is 0 Å². The number of rotatable bonds is 3. The predicted molar refractivity (Wildman–Crippen MR) is 68.9 cm³/mol. The molecule has 10 heteroatoms. The van der Waals surface area contributed by atoms with E-state index in [2.05, 4.69) is 25.7 Å². The molecule has 20 heavy (non-hydrogen) atoms. The van der Waals surface area contributed by atoms with Gasteiger partial charge in [-0.1, -0.05) is 17.3 Å². The number of nitrogen functional groups attached to an aromatic ring is 1. The van der Waals surface area contributed by atoms with Crippen molar-refractivity contribution in [3.8, 4) is 5.82 Å². The Bertz CT molecular complexity index is 799. The van der Waals surface area contributed by atoms with Crippen LogP contribution in [0.5, 0.6) is 0 Å². The minimum atomic E-state index is -0.591. The number of anilines is 1. The molecule has 0 radical (unpaired) electrons. The van der Waals surface area contributed by atoms with Crippen LogP contribution in [0.25, 0.3) is 16.9 Å². The molecule has 1 aromatic carbocycles. The molecule has 0 spiro atoms. The van der Waals surface area contributed by atoms with E-state index in [0.29, 0.717) is 11.0 Å². The molecule has 10 nitrogen and oxygen atoms in total. The van der Waals surface area contributed by atoms with Crippen molar-refractivity contribution in [3.05, 3.63) is 40.6 Å². The van der Waals surface area contributed by atoms with E-state index in [4.69, 9.17) is 5.84 Å². The summed E-state index contributed by atoms with van der Waals surface area (Å²) >= 11 is 0. The lowest BCUT2D eigenvalue weighted by Gasteiger charge is -2.04. The molecule has 3 N–H and O–H groups in total. The van der Waals surface area contributed by atoms with Gasteiger partial charge in [0, 0.05) is 0 Å². The summed E-state index contributed by atoms with van der Waals surface area (Å²) in [4.78, 5) is 18.2.